The standard InChI is InChI=1S/C13H25N3O2S/c1-6-16-9-12(7-11(16)8-14-5)19(17,18)15-10-13(2,3)4/h7,9,14-15H,6,8,10H2,1-5H3. The summed E-state index contributed by atoms with van der Waals surface area (Å²) in [6.45, 7) is 9.83. The molecule has 2 N–H and O–H groups in total. The normalized spacial score (nSPS) is 12.9. The second kappa shape index (κ2) is 6.07. The van der Waals surface area contributed by atoms with Crippen LogP contribution in [0.25, 0.3) is 0 Å². The predicted octanol–water partition coefficient (Wildman–Crippen LogP) is 1.55. The smallest absolute Gasteiger partial charge is 0.242 e. The highest BCUT2D eigenvalue weighted by Crippen LogP contribution is 2.17. The number of nitrogens with one attached hydrogen (secondary N) is 2. The maximum Gasteiger partial charge on any atom is 0.242 e. The lowest BCUT2D eigenvalue weighted by molar-refractivity contribution is 0.407. The molecular weight excluding hydrogens is 262 g/mol. The third kappa shape index (κ3) is 4.63. The fraction of sp³-hybridized carbons (Fsp3) is 0.692. The Morgan fingerprint density at radius 3 is 2.42 bits per heavy atom. The molecule has 0 aromatic carbocycles. The van der Waals surface area contributed by atoms with E-state index >= 15 is 0 Å². The average molecular weight is 287 g/mol. The van der Waals surface area contributed by atoms with Crippen LogP contribution in [0.4, 0.5) is 0 Å². The molecule has 0 bridgehead atoms. The summed E-state index contributed by atoms with van der Waals surface area (Å²) >= 11 is 0. The lowest BCUT2D eigenvalue weighted by atomic mass is 9.98. The maximum absolute atomic E-state index is 12.2. The summed E-state index contributed by atoms with van der Waals surface area (Å²) in [5.74, 6) is 0. The molecule has 6 heteroatoms. The zero-order valence-electron chi connectivity index (χ0n) is 12.4. The van der Waals surface area contributed by atoms with Crippen molar-refractivity contribution in [3.05, 3.63) is 18.0 Å². The predicted molar refractivity (Wildman–Crippen MR) is 77.5 cm³/mol. The summed E-state index contributed by atoms with van der Waals surface area (Å²) in [5, 5.41) is 3.04. The van der Waals surface area contributed by atoms with Gasteiger partial charge in [-0.05, 0) is 25.5 Å². The van der Waals surface area contributed by atoms with Crippen molar-refractivity contribution in [2.24, 2.45) is 5.41 Å². The van der Waals surface area contributed by atoms with Crippen molar-refractivity contribution in [2.45, 2.75) is 45.7 Å². The molecule has 0 aliphatic carbocycles. The molecule has 0 saturated heterocycles. The molecule has 0 saturated carbocycles. The van der Waals surface area contributed by atoms with Gasteiger partial charge in [0.05, 0.1) is 4.90 Å². The van der Waals surface area contributed by atoms with E-state index in [1.54, 1.807) is 12.3 Å². The number of sulfonamides is 1. The van der Waals surface area contributed by atoms with Gasteiger partial charge in [-0.2, -0.15) is 0 Å². The van der Waals surface area contributed by atoms with Crippen molar-refractivity contribution in [1.82, 2.24) is 14.6 Å². The van der Waals surface area contributed by atoms with Crippen molar-refractivity contribution in [1.29, 1.82) is 0 Å². The van der Waals surface area contributed by atoms with Gasteiger partial charge in [-0.3, -0.25) is 0 Å². The van der Waals surface area contributed by atoms with E-state index in [1.165, 1.54) is 0 Å². The SMILES string of the molecule is CCn1cc(S(=O)(=O)NCC(C)(C)C)cc1CNC. The molecule has 1 rings (SSSR count). The molecule has 5 nitrogen and oxygen atoms in total. The summed E-state index contributed by atoms with van der Waals surface area (Å²) in [6.07, 6.45) is 1.69. The molecule has 1 aromatic heterocycles. The third-order valence-electron chi connectivity index (χ3n) is 2.76. The Balaban J connectivity index is 2.95. The molecule has 0 aliphatic rings. The lowest BCUT2D eigenvalue weighted by Crippen LogP contribution is -2.32. The number of nitrogens with zero attached hydrogens (tertiary/aromatic N) is 1. The van der Waals surface area contributed by atoms with Gasteiger partial charge in [-0.15, -0.1) is 0 Å². The quantitative estimate of drug-likeness (QED) is 0.834. The second-order valence-corrected chi connectivity index (χ2v) is 7.64. The first-order valence-corrected chi connectivity index (χ1v) is 8.01. The van der Waals surface area contributed by atoms with Gasteiger partial charge < -0.3 is 9.88 Å². The molecule has 19 heavy (non-hydrogen) atoms. The second-order valence-electron chi connectivity index (χ2n) is 5.87. The fourth-order valence-electron chi connectivity index (χ4n) is 1.69. The Bertz CT molecular complexity index is 512. The van der Waals surface area contributed by atoms with E-state index < -0.39 is 10.0 Å². The minimum absolute atomic E-state index is 0.0752. The third-order valence-corrected chi connectivity index (χ3v) is 4.13. The van der Waals surface area contributed by atoms with E-state index in [1.807, 2.05) is 39.3 Å². The number of rotatable bonds is 6. The highest BCUT2D eigenvalue weighted by Gasteiger charge is 2.20. The van der Waals surface area contributed by atoms with Crippen LogP contribution in [0.3, 0.4) is 0 Å². The largest absolute Gasteiger partial charge is 0.349 e. The molecule has 1 heterocycles. The topological polar surface area (TPSA) is 63.1 Å². The highest BCUT2D eigenvalue weighted by molar-refractivity contribution is 7.89. The van der Waals surface area contributed by atoms with Crippen molar-refractivity contribution in [2.75, 3.05) is 13.6 Å². The molecule has 0 aliphatic heterocycles. The van der Waals surface area contributed by atoms with Crippen molar-refractivity contribution < 1.29 is 8.42 Å². The summed E-state index contributed by atoms with van der Waals surface area (Å²) in [4.78, 5) is 0.337. The molecule has 0 radical (unpaired) electrons. The van der Waals surface area contributed by atoms with Crippen LogP contribution in [-0.4, -0.2) is 26.6 Å². The van der Waals surface area contributed by atoms with Crippen molar-refractivity contribution >= 4 is 10.0 Å². The van der Waals surface area contributed by atoms with Crippen LogP contribution >= 0.6 is 0 Å². The Labute approximate surface area is 116 Å². The minimum atomic E-state index is -3.42. The molecule has 0 unspecified atom stereocenters. The number of aryl methyl sites for hydroxylation is 1. The monoisotopic (exact) mass is 287 g/mol. The van der Waals surface area contributed by atoms with Crippen LogP contribution < -0.4 is 10.0 Å². The van der Waals surface area contributed by atoms with Gasteiger partial charge in [-0.1, -0.05) is 20.8 Å². The zero-order chi connectivity index (χ0) is 14.7. The van der Waals surface area contributed by atoms with Crippen LogP contribution in [0.1, 0.15) is 33.4 Å². The molecule has 0 atom stereocenters. The first-order chi connectivity index (χ1) is 8.69. The summed E-state index contributed by atoms with van der Waals surface area (Å²) < 4.78 is 29.0. The molecule has 0 fully saturated rings. The van der Waals surface area contributed by atoms with Gasteiger partial charge in [0.2, 0.25) is 10.0 Å². The van der Waals surface area contributed by atoms with Crippen molar-refractivity contribution in [3.8, 4) is 0 Å². The van der Waals surface area contributed by atoms with E-state index in [4.69, 9.17) is 0 Å². The van der Waals surface area contributed by atoms with E-state index in [9.17, 15) is 8.42 Å². The average Bonchev–Trinajstić information content (AvgIpc) is 2.70. The van der Waals surface area contributed by atoms with E-state index in [-0.39, 0.29) is 5.41 Å². The van der Waals surface area contributed by atoms with E-state index in [2.05, 4.69) is 10.0 Å². The van der Waals surface area contributed by atoms with Crippen LogP contribution in [0.5, 0.6) is 0 Å². The Morgan fingerprint density at radius 2 is 1.95 bits per heavy atom. The molecule has 110 valence electrons. The van der Waals surface area contributed by atoms with Crippen LogP contribution in [0, 0.1) is 5.41 Å². The fourth-order valence-corrected chi connectivity index (χ4v) is 3.04. The van der Waals surface area contributed by atoms with Gasteiger partial charge in [0.1, 0.15) is 0 Å². The first-order valence-electron chi connectivity index (χ1n) is 6.53. The molecule has 1 aromatic rings. The van der Waals surface area contributed by atoms with Gasteiger partial charge in [0.25, 0.3) is 0 Å². The Kier molecular flexibility index (Phi) is 5.18. The summed E-state index contributed by atoms with van der Waals surface area (Å²) in [5.41, 5.74) is 0.898. The Hall–Kier alpha value is -0.850. The molecule has 0 spiro atoms. The van der Waals surface area contributed by atoms with Crippen LogP contribution in [-0.2, 0) is 23.1 Å². The number of hydrogen-bond donors (Lipinski definition) is 2. The van der Waals surface area contributed by atoms with Gasteiger partial charge in [0.15, 0.2) is 0 Å². The van der Waals surface area contributed by atoms with E-state index in [0.29, 0.717) is 18.0 Å². The minimum Gasteiger partial charge on any atom is -0.349 e. The molecule has 0 amide bonds. The highest BCUT2D eigenvalue weighted by atomic mass is 32.2. The lowest BCUT2D eigenvalue weighted by Gasteiger charge is -2.18. The van der Waals surface area contributed by atoms with Crippen molar-refractivity contribution in [3.63, 3.8) is 0 Å². The first kappa shape index (κ1) is 16.2. The zero-order valence-corrected chi connectivity index (χ0v) is 13.3. The maximum atomic E-state index is 12.2. The Morgan fingerprint density at radius 1 is 1.32 bits per heavy atom. The number of aromatic nitrogens is 1. The van der Waals surface area contributed by atoms with Gasteiger partial charge in [-0.25, -0.2) is 13.1 Å². The van der Waals surface area contributed by atoms with Gasteiger partial charge >= 0.3 is 0 Å². The van der Waals surface area contributed by atoms with E-state index in [0.717, 1.165) is 12.2 Å². The molecular formula is C13H25N3O2S. The van der Waals surface area contributed by atoms with Gasteiger partial charge in [0, 0.05) is 31.5 Å². The van der Waals surface area contributed by atoms with Crippen LogP contribution in [0.15, 0.2) is 17.2 Å². The summed E-state index contributed by atoms with van der Waals surface area (Å²) in [7, 11) is -1.58. The number of hydrogen-bond acceptors (Lipinski definition) is 3. The summed E-state index contributed by atoms with van der Waals surface area (Å²) in [6, 6.07) is 1.73. The van der Waals surface area contributed by atoms with Crippen LogP contribution in [0.2, 0.25) is 0 Å².